The van der Waals surface area contributed by atoms with Gasteiger partial charge in [-0.3, -0.25) is 4.79 Å². The van der Waals surface area contributed by atoms with Gasteiger partial charge in [-0.1, -0.05) is 30.7 Å². The Morgan fingerprint density at radius 2 is 1.92 bits per heavy atom. The van der Waals surface area contributed by atoms with Crippen LogP contribution in [-0.2, 0) is 16.0 Å². The molecule has 1 unspecified atom stereocenters. The quantitative estimate of drug-likeness (QED) is 0.675. The summed E-state index contributed by atoms with van der Waals surface area (Å²) in [5.41, 5.74) is 2.61. The molecule has 0 aromatic heterocycles. The summed E-state index contributed by atoms with van der Waals surface area (Å²) in [5.74, 6) is -0.192. The van der Waals surface area contributed by atoms with Crippen LogP contribution in [0.3, 0.4) is 0 Å². The molecule has 25 heavy (non-hydrogen) atoms. The van der Waals surface area contributed by atoms with E-state index >= 15 is 0 Å². The molecule has 1 aliphatic carbocycles. The van der Waals surface area contributed by atoms with Gasteiger partial charge in [-0.15, -0.1) is 0 Å². The number of likely N-dealkylation sites (tertiary alicyclic amines) is 1. The normalized spacial score (nSPS) is 21.2. The molecule has 0 saturated carbocycles. The summed E-state index contributed by atoms with van der Waals surface area (Å²) < 4.78 is 5.09. The Morgan fingerprint density at radius 3 is 2.68 bits per heavy atom. The smallest absolute Gasteiger partial charge is 0.317 e. The molecule has 1 N–H and O–H groups in total. The highest BCUT2D eigenvalue weighted by atomic mass is 16.5. The maximum Gasteiger partial charge on any atom is 0.317 e. The molecule has 5 nitrogen and oxygen atoms in total. The molecule has 1 aromatic carbocycles. The number of carbonyl (C=O) groups is 2. The van der Waals surface area contributed by atoms with E-state index in [1.807, 2.05) is 17.9 Å². The number of piperidine rings is 1. The number of urea groups is 1. The molecule has 5 heteroatoms. The van der Waals surface area contributed by atoms with Crippen LogP contribution in [0.1, 0.15) is 56.2 Å². The van der Waals surface area contributed by atoms with Crippen LogP contribution >= 0.6 is 0 Å². The zero-order valence-corrected chi connectivity index (χ0v) is 15.0. The summed E-state index contributed by atoms with van der Waals surface area (Å²) in [4.78, 5) is 26.4. The average Bonchev–Trinajstić information content (AvgIpc) is 2.84. The van der Waals surface area contributed by atoms with Crippen LogP contribution < -0.4 is 5.32 Å². The number of ether oxygens (including phenoxy) is 1. The minimum absolute atomic E-state index is 0.0102. The maximum absolute atomic E-state index is 12.7. The van der Waals surface area contributed by atoms with Crippen LogP contribution in [0.4, 0.5) is 4.79 Å². The van der Waals surface area contributed by atoms with E-state index in [0.717, 1.165) is 19.3 Å². The van der Waals surface area contributed by atoms with Gasteiger partial charge in [-0.2, -0.15) is 0 Å². The molecule has 0 radical (unpaired) electrons. The second-order valence-corrected chi connectivity index (χ2v) is 6.96. The molecule has 0 spiro atoms. The predicted molar refractivity (Wildman–Crippen MR) is 96.2 cm³/mol. The highest BCUT2D eigenvalue weighted by Crippen LogP contribution is 2.29. The number of carbonyl (C=O) groups excluding carboxylic acids is 2. The Hall–Kier alpha value is -2.04. The predicted octanol–water partition coefficient (Wildman–Crippen LogP) is 3.44. The van der Waals surface area contributed by atoms with E-state index in [1.165, 1.54) is 17.5 Å². The zero-order valence-electron chi connectivity index (χ0n) is 15.0. The SMILES string of the molecule is CCOC(=O)C1CCN(C(=O)NC2CCCCc3ccccc32)CC1. The third-order valence-electron chi connectivity index (χ3n) is 5.32. The van der Waals surface area contributed by atoms with Crippen LogP contribution in [0, 0.1) is 5.92 Å². The van der Waals surface area contributed by atoms with Gasteiger partial charge in [0, 0.05) is 13.1 Å². The van der Waals surface area contributed by atoms with E-state index in [-0.39, 0.29) is 24.0 Å². The molecule has 1 aliphatic heterocycles. The number of esters is 1. The average molecular weight is 344 g/mol. The van der Waals surface area contributed by atoms with E-state index in [2.05, 4.69) is 23.5 Å². The zero-order chi connectivity index (χ0) is 17.6. The molecule has 2 aliphatic rings. The number of benzene rings is 1. The summed E-state index contributed by atoms with van der Waals surface area (Å²) in [6.07, 6.45) is 5.76. The van der Waals surface area contributed by atoms with Crippen LogP contribution in [0.5, 0.6) is 0 Å². The van der Waals surface area contributed by atoms with Gasteiger partial charge in [-0.25, -0.2) is 4.79 Å². The minimum atomic E-state index is -0.125. The molecule has 2 amide bonds. The lowest BCUT2D eigenvalue weighted by atomic mass is 9.97. The van der Waals surface area contributed by atoms with Gasteiger partial charge in [0.05, 0.1) is 18.6 Å². The summed E-state index contributed by atoms with van der Waals surface area (Å²) in [6, 6.07) is 8.51. The van der Waals surface area contributed by atoms with Crippen molar-refractivity contribution in [3.8, 4) is 0 Å². The first kappa shape index (κ1) is 17.8. The van der Waals surface area contributed by atoms with Crippen molar-refractivity contribution in [3.63, 3.8) is 0 Å². The Bertz CT molecular complexity index is 609. The van der Waals surface area contributed by atoms with E-state index in [0.29, 0.717) is 32.5 Å². The molecule has 1 saturated heterocycles. The maximum atomic E-state index is 12.7. The lowest BCUT2D eigenvalue weighted by Gasteiger charge is -2.32. The largest absolute Gasteiger partial charge is 0.466 e. The first-order chi connectivity index (χ1) is 12.2. The van der Waals surface area contributed by atoms with Gasteiger partial charge >= 0.3 is 12.0 Å². The molecule has 0 bridgehead atoms. The topological polar surface area (TPSA) is 58.6 Å². The standard InChI is InChI=1S/C20H28N2O3/c1-2-25-19(23)16-11-13-22(14-12-16)20(24)21-18-10-6-4-8-15-7-3-5-9-17(15)18/h3,5,7,9,16,18H,2,4,6,8,10-14H2,1H3,(H,21,24). The lowest BCUT2D eigenvalue weighted by Crippen LogP contribution is -2.46. The fourth-order valence-electron chi connectivity index (χ4n) is 3.89. The van der Waals surface area contributed by atoms with Crippen LogP contribution in [0.15, 0.2) is 24.3 Å². The van der Waals surface area contributed by atoms with Crippen LogP contribution in [0.25, 0.3) is 0 Å². The molecule has 136 valence electrons. The number of hydrogen-bond donors (Lipinski definition) is 1. The van der Waals surface area contributed by atoms with Crippen LogP contribution in [0.2, 0.25) is 0 Å². The first-order valence-electron chi connectivity index (χ1n) is 9.49. The van der Waals surface area contributed by atoms with Crippen molar-refractivity contribution in [2.24, 2.45) is 5.92 Å². The third-order valence-corrected chi connectivity index (χ3v) is 5.32. The van der Waals surface area contributed by atoms with Crippen molar-refractivity contribution in [1.82, 2.24) is 10.2 Å². The number of fused-ring (bicyclic) bond motifs is 1. The monoisotopic (exact) mass is 344 g/mol. The van der Waals surface area contributed by atoms with Crippen LogP contribution in [-0.4, -0.2) is 36.6 Å². The van der Waals surface area contributed by atoms with Crippen molar-refractivity contribution in [2.45, 2.75) is 51.5 Å². The number of hydrogen-bond acceptors (Lipinski definition) is 3. The van der Waals surface area contributed by atoms with Gasteiger partial charge in [0.15, 0.2) is 0 Å². The Kier molecular flexibility index (Phi) is 5.95. The summed E-state index contributed by atoms with van der Waals surface area (Å²) >= 11 is 0. The van der Waals surface area contributed by atoms with Gasteiger partial charge in [0.25, 0.3) is 0 Å². The number of amides is 2. The Labute approximate surface area is 149 Å². The van der Waals surface area contributed by atoms with E-state index < -0.39 is 0 Å². The molecule has 1 atom stereocenters. The Balaban J connectivity index is 1.57. The van der Waals surface area contributed by atoms with Gasteiger partial charge in [0.1, 0.15) is 0 Å². The van der Waals surface area contributed by atoms with Crippen molar-refractivity contribution >= 4 is 12.0 Å². The summed E-state index contributed by atoms with van der Waals surface area (Å²) in [5, 5.41) is 3.22. The molecular formula is C20H28N2O3. The molecule has 1 fully saturated rings. The second kappa shape index (κ2) is 8.37. The van der Waals surface area contributed by atoms with E-state index in [9.17, 15) is 9.59 Å². The van der Waals surface area contributed by atoms with E-state index in [4.69, 9.17) is 4.74 Å². The fourth-order valence-corrected chi connectivity index (χ4v) is 3.89. The molecular weight excluding hydrogens is 316 g/mol. The van der Waals surface area contributed by atoms with Crippen molar-refractivity contribution < 1.29 is 14.3 Å². The highest BCUT2D eigenvalue weighted by molar-refractivity contribution is 5.76. The molecule has 1 heterocycles. The fraction of sp³-hybridized carbons (Fsp3) is 0.600. The van der Waals surface area contributed by atoms with Crippen molar-refractivity contribution in [1.29, 1.82) is 0 Å². The highest BCUT2D eigenvalue weighted by Gasteiger charge is 2.29. The first-order valence-corrected chi connectivity index (χ1v) is 9.49. The van der Waals surface area contributed by atoms with Gasteiger partial charge in [0.2, 0.25) is 0 Å². The lowest BCUT2D eigenvalue weighted by molar-refractivity contribution is -0.149. The number of aryl methyl sites for hydroxylation is 1. The number of nitrogens with one attached hydrogen (secondary N) is 1. The van der Waals surface area contributed by atoms with Crippen molar-refractivity contribution in [2.75, 3.05) is 19.7 Å². The van der Waals surface area contributed by atoms with Gasteiger partial charge < -0.3 is 15.0 Å². The summed E-state index contributed by atoms with van der Waals surface area (Å²) in [7, 11) is 0. The van der Waals surface area contributed by atoms with E-state index in [1.54, 1.807) is 0 Å². The Morgan fingerprint density at radius 1 is 1.16 bits per heavy atom. The molecule has 3 rings (SSSR count). The minimum Gasteiger partial charge on any atom is -0.466 e. The number of nitrogens with zero attached hydrogens (tertiary/aromatic N) is 1. The number of rotatable bonds is 3. The summed E-state index contributed by atoms with van der Waals surface area (Å²) in [6.45, 7) is 3.47. The van der Waals surface area contributed by atoms with Gasteiger partial charge in [-0.05, 0) is 50.2 Å². The molecule has 1 aromatic rings. The second-order valence-electron chi connectivity index (χ2n) is 6.96. The third kappa shape index (κ3) is 4.33. The van der Waals surface area contributed by atoms with Crippen molar-refractivity contribution in [3.05, 3.63) is 35.4 Å².